The Morgan fingerprint density at radius 2 is 1.57 bits per heavy atom. The molecule has 1 N–H and O–H groups in total. The standard InChI is InChI=1S/C19H24N2/c1-19(20-14-17-8-4-2-5-9-17)12-13-21(16-19)15-18-10-6-3-7-11-18/h2-11,20H,12-16H2,1H3. The van der Waals surface area contributed by atoms with Crippen molar-refractivity contribution in [2.45, 2.75) is 32.0 Å². The van der Waals surface area contributed by atoms with Gasteiger partial charge in [-0.15, -0.1) is 0 Å². The van der Waals surface area contributed by atoms with Crippen LogP contribution in [0, 0.1) is 0 Å². The topological polar surface area (TPSA) is 15.3 Å². The van der Waals surface area contributed by atoms with Crippen molar-refractivity contribution in [3.63, 3.8) is 0 Å². The number of hydrogen-bond acceptors (Lipinski definition) is 2. The lowest BCUT2D eigenvalue weighted by molar-refractivity contribution is 0.285. The second-order valence-electron chi connectivity index (χ2n) is 6.35. The van der Waals surface area contributed by atoms with E-state index < -0.39 is 0 Å². The summed E-state index contributed by atoms with van der Waals surface area (Å²) in [6.07, 6.45) is 1.21. The molecule has 0 spiro atoms. The zero-order valence-corrected chi connectivity index (χ0v) is 12.8. The molecule has 1 aliphatic rings. The highest BCUT2D eigenvalue weighted by atomic mass is 15.2. The van der Waals surface area contributed by atoms with E-state index >= 15 is 0 Å². The number of likely N-dealkylation sites (tertiary alicyclic amines) is 1. The van der Waals surface area contributed by atoms with Gasteiger partial charge < -0.3 is 5.32 Å². The maximum atomic E-state index is 3.75. The average molecular weight is 280 g/mol. The third-order valence-electron chi connectivity index (χ3n) is 4.36. The van der Waals surface area contributed by atoms with E-state index in [1.165, 1.54) is 24.1 Å². The monoisotopic (exact) mass is 280 g/mol. The smallest absolute Gasteiger partial charge is 0.0295 e. The third-order valence-corrected chi connectivity index (χ3v) is 4.36. The first kappa shape index (κ1) is 14.3. The third kappa shape index (κ3) is 3.93. The first-order valence-electron chi connectivity index (χ1n) is 7.79. The summed E-state index contributed by atoms with van der Waals surface area (Å²) in [4.78, 5) is 2.55. The maximum absolute atomic E-state index is 3.75. The van der Waals surface area contributed by atoms with Crippen LogP contribution in [-0.4, -0.2) is 23.5 Å². The Morgan fingerprint density at radius 1 is 0.952 bits per heavy atom. The van der Waals surface area contributed by atoms with Crippen LogP contribution < -0.4 is 5.32 Å². The minimum Gasteiger partial charge on any atom is -0.306 e. The molecule has 0 aromatic heterocycles. The fourth-order valence-corrected chi connectivity index (χ4v) is 3.09. The van der Waals surface area contributed by atoms with Crippen LogP contribution >= 0.6 is 0 Å². The normalized spacial score (nSPS) is 22.5. The molecular weight excluding hydrogens is 256 g/mol. The second-order valence-corrected chi connectivity index (χ2v) is 6.35. The molecule has 0 saturated carbocycles. The molecule has 1 aliphatic heterocycles. The van der Waals surface area contributed by atoms with Crippen LogP contribution in [0.25, 0.3) is 0 Å². The Labute approximate surface area is 127 Å². The van der Waals surface area contributed by atoms with Crippen LogP contribution in [0.1, 0.15) is 24.5 Å². The van der Waals surface area contributed by atoms with E-state index in [1.807, 2.05) is 0 Å². The van der Waals surface area contributed by atoms with Crippen molar-refractivity contribution in [3.8, 4) is 0 Å². The highest BCUT2D eigenvalue weighted by molar-refractivity contribution is 5.16. The lowest BCUT2D eigenvalue weighted by Crippen LogP contribution is -2.44. The van der Waals surface area contributed by atoms with Crippen molar-refractivity contribution >= 4 is 0 Å². The number of rotatable bonds is 5. The summed E-state index contributed by atoms with van der Waals surface area (Å²) < 4.78 is 0. The van der Waals surface area contributed by atoms with Gasteiger partial charge in [-0.2, -0.15) is 0 Å². The Morgan fingerprint density at radius 3 is 2.24 bits per heavy atom. The van der Waals surface area contributed by atoms with Gasteiger partial charge in [-0.05, 0) is 24.5 Å². The quantitative estimate of drug-likeness (QED) is 0.902. The second kappa shape index (κ2) is 6.42. The summed E-state index contributed by atoms with van der Waals surface area (Å²) in [6.45, 7) is 6.66. The van der Waals surface area contributed by atoms with Crippen LogP contribution in [0.5, 0.6) is 0 Å². The Balaban J connectivity index is 1.53. The molecule has 3 rings (SSSR count). The Kier molecular flexibility index (Phi) is 4.37. The molecule has 0 amide bonds. The van der Waals surface area contributed by atoms with Crippen LogP contribution in [0.2, 0.25) is 0 Å². The van der Waals surface area contributed by atoms with Gasteiger partial charge in [-0.1, -0.05) is 60.7 Å². The van der Waals surface area contributed by atoms with Crippen molar-refractivity contribution < 1.29 is 0 Å². The zero-order valence-electron chi connectivity index (χ0n) is 12.8. The molecular formula is C19H24N2. The summed E-state index contributed by atoms with van der Waals surface area (Å²) in [5.74, 6) is 0. The molecule has 1 heterocycles. The van der Waals surface area contributed by atoms with E-state index in [2.05, 4.69) is 77.8 Å². The summed E-state index contributed by atoms with van der Waals surface area (Å²) in [7, 11) is 0. The molecule has 2 aromatic carbocycles. The molecule has 2 aromatic rings. The van der Waals surface area contributed by atoms with Gasteiger partial charge in [0.2, 0.25) is 0 Å². The van der Waals surface area contributed by atoms with E-state index in [4.69, 9.17) is 0 Å². The number of nitrogens with one attached hydrogen (secondary N) is 1. The van der Waals surface area contributed by atoms with Crippen LogP contribution in [-0.2, 0) is 13.1 Å². The summed E-state index contributed by atoms with van der Waals surface area (Å²) in [5, 5.41) is 3.75. The largest absolute Gasteiger partial charge is 0.306 e. The van der Waals surface area contributed by atoms with E-state index in [0.29, 0.717) is 0 Å². The lowest BCUT2D eigenvalue weighted by Gasteiger charge is -2.26. The molecule has 110 valence electrons. The van der Waals surface area contributed by atoms with Crippen LogP contribution in [0.4, 0.5) is 0 Å². The lowest BCUT2D eigenvalue weighted by atomic mass is 10.0. The fourth-order valence-electron chi connectivity index (χ4n) is 3.09. The minimum absolute atomic E-state index is 0.227. The van der Waals surface area contributed by atoms with Gasteiger partial charge in [0.1, 0.15) is 0 Å². The summed E-state index contributed by atoms with van der Waals surface area (Å²) in [6, 6.07) is 21.4. The van der Waals surface area contributed by atoms with E-state index in [9.17, 15) is 0 Å². The first-order chi connectivity index (χ1) is 10.2. The first-order valence-corrected chi connectivity index (χ1v) is 7.79. The van der Waals surface area contributed by atoms with Gasteiger partial charge in [0.05, 0.1) is 0 Å². The van der Waals surface area contributed by atoms with Gasteiger partial charge in [-0.3, -0.25) is 4.90 Å². The number of nitrogens with zero attached hydrogens (tertiary/aromatic N) is 1. The van der Waals surface area contributed by atoms with Gasteiger partial charge in [0.25, 0.3) is 0 Å². The molecule has 1 unspecified atom stereocenters. The van der Waals surface area contributed by atoms with Crippen molar-refractivity contribution in [2.24, 2.45) is 0 Å². The molecule has 0 radical (unpaired) electrons. The molecule has 2 nitrogen and oxygen atoms in total. The van der Waals surface area contributed by atoms with Gasteiger partial charge >= 0.3 is 0 Å². The van der Waals surface area contributed by atoms with Gasteiger partial charge in [-0.25, -0.2) is 0 Å². The minimum atomic E-state index is 0.227. The predicted molar refractivity (Wildman–Crippen MR) is 88.0 cm³/mol. The van der Waals surface area contributed by atoms with Crippen LogP contribution in [0.15, 0.2) is 60.7 Å². The molecule has 2 heteroatoms. The Bertz CT molecular complexity index is 552. The Hall–Kier alpha value is -1.64. The highest BCUT2D eigenvalue weighted by Gasteiger charge is 2.32. The predicted octanol–water partition coefficient (Wildman–Crippen LogP) is 3.44. The van der Waals surface area contributed by atoms with Crippen molar-refractivity contribution in [1.29, 1.82) is 0 Å². The molecule has 21 heavy (non-hydrogen) atoms. The molecule has 0 bridgehead atoms. The maximum Gasteiger partial charge on any atom is 0.0295 e. The highest BCUT2D eigenvalue weighted by Crippen LogP contribution is 2.23. The number of hydrogen-bond donors (Lipinski definition) is 1. The summed E-state index contributed by atoms with van der Waals surface area (Å²) in [5.41, 5.74) is 3.00. The van der Waals surface area contributed by atoms with Gasteiger partial charge in [0.15, 0.2) is 0 Å². The van der Waals surface area contributed by atoms with E-state index in [1.54, 1.807) is 0 Å². The summed E-state index contributed by atoms with van der Waals surface area (Å²) >= 11 is 0. The SMILES string of the molecule is CC1(NCc2ccccc2)CCN(Cc2ccccc2)C1. The van der Waals surface area contributed by atoms with Crippen molar-refractivity contribution in [2.75, 3.05) is 13.1 Å². The van der Waals surface area contributed by atoms with Crippen molar-refractivity contribution in [3.05, 3.63) is 71.8 Å². The van der Waals surface area contributed by atoms with Crippen molar-refractivity contribution in [1.82, 2.24) is 10.2 Å². The van der Waals surface area contributed by atoms with Crippen LogP contribution in [0.3, 0.4) is 0 Å². The fraction of sp³-hybridized carbons (Fsp3) is 0.368. The average Bonchev–Trinajstić information content (AvgIpc) is 2.89. The van der Waals surface area contributed by atoms with E-state index in [-0.39, 0.29) is 5.54 Å². The molecule has 1 fully saturated rings. The molecule has 1 atom stereocenters. The van der Waals surface area contributed by atoms with Gasteiger partial charge in [0, 0.05) is 31.7 Å². The molecule has 0 aliphatic carbocycles. The number of benzene rings is 2. The van der Waals surface area contributed by atoms with E-state index in [0.717, 1.165) is 19.6 Å². The molecule has 1 saturated heterocycles. The zero-order chi connectivity index (χ0) is 14.5.